The number of amides is 1. The van der Waals surface area contributed by atoms with Crippen LogP contribution in [-0.2, 0) is 0 Å². The first kappa shape index (κ1) is 15.5. The zero-order valence-electron chi connectivity index (χ0n) is 13.6. The molecule has 0 aromatic carbocycles. The third-order valence-electron chi connectivity index (χ3n) is 4.35. The molecule has 0 unspecified atom stereocenters. The highest BCUT2D eigenvalue weighted by atomic mass is 16.1. The third-order valence-corrected chi connectivity index (χ3v) is 4.35. The number of piperidine rings is 1. The molecule has 2 aromatic heterocycles. The van der Waals surface area contributed by atoms with Crippen molar-refractivity contribution >= 4 is 17.5 Å². The van der Waals surface area contributed by atoms with Gasteiger partial charge in [0.1, 0.15) is 11.6 Å². The molecule has 5 heteroatoms. The van der Waals surface area contributed by atoms with Crippen molar-refractivity contribution in [3.05, 3.63) is 47.8 Å². The molecule has 5 nitrogen and oxygen atoms in total. The van der Waals surface area contributed by atoms with E-state index in [0.717, 1.165) is 17.9 Å². The molecular weight excluding hydrogens is 288 g/mol. The summed E-state index contributed by atoms with van der Waals surface area (Å²) in [6.45, 7) is 5.14. The molecule has 2 aromatic rings. The van der Waals surface area contributed by atoms with E-state index in [1.54, 1.807) is 18.5 Å². The maximum atomic E-state index is 12.5. The summed E-state index contributed by atoms with van der Waals surface area (Å²) in [6, 6.07) is 7.86. The van der Waals surface area contributed by atoms with Crippen molar-refractivity contribution in [1.82, 2.24) is 9.97 Å². The summed E-state index contributed by atoms with van der Waals surface area (Å²) in [6.07, 6.45) is 6.99. The first-order valence-corrected chi connectivity index (χ1v) is 8.11. The van der Waals surface area contributed by atoms with Gasteiger partial charge in [-0.2, -0.15) is 0 Å². The molecule has 0 saturated carbocycles. The molecule has 0 aliphatic carbocycles. The molecule has 23 heavy (non-hydrogen) atoms. The second-order valence-corrected chi connectivity index (χ2v) is 6.06. The van der Waals surface area contributed by atoms with E-state index in [2.05, 4.69) is 27.1 Å². The smallest absolute Gasteiger partial charge is 0.257 e. The number of carbonyl (C=O) groups is 1. The van der Waals surface area contributed by atoms with Gasteiger partial charge in [-0.1, -0.05) is 6.07 Å². The first-order chi connectivity index (χ1) is 11.1. The largest absolute Gasteiger partial charge is 0.354 e. The fourth-order valence-corrected chi connectivity index (χ4v) is 2.95. The minimum atomic E-state index is -0.153. The van der Waals surface area contributed by atoms with Crippen molar-refractivity contribution in [2.75, 3.05) is 16.8 Å². The lowest BCUT2D eigenvalue weighted by atomic mass is 10.0. The van der Waals surface area contributed by atoms with Crippen LogP contribution < -0.4 is 10.2 Å². The van der Waals surface area contributed by atoms with Crippen molar-refractivity contribution in [3.8, 4) is 0 Å². The second kappa shape index (κ2) is 6.77. The summed E-state index contributed by atoms with van der Waals surface area (Å²) >= 11 is 0. The van der Waals surface area contributed by atoms with Gasteiger partial charge in [-0.05, 0) is 56.9 Å². The average Bonchev–Trinajstić information content (AvgIpc) is 2.57. The van der Waals surface area contributed by atoms with Crippen molar-refractivity contribution in [2.24, 2.45) is 0 Å². The van der Waals surface area contributed by atoms with Gasteiger partial charge in [0.15, 0.2) is 0 Å². The maximum Gasteiger partial charge on any atom is 0.257 e. The average molecular weight is 310 g/mol. The van der Waals surface area contributed by atoms with Crippen LogP contribution in [0.5, 0.6) is 0 Å². The van der Waals surface area contributed by atoms with Crippen LogP contribution in [0.1, 0.15) is 42.1 Å². The summed E-state index contributed by atoms with van der Waals surface area (Å²) in [5.74, 6) is 1.32. The van der Waals surface area contributed by atoms with Gasteiger partial charge in [0.05, 0.1) is 0 Å². The normalized spacial score (nSPS) is 17.8. The van der Waals surface area contributed by atoms with E-state index < -0.39 is 0 Å². The summed E-state index contributed by atoms with van der Waals surface area (Å²) in [7, 11) is 0. The lowest BCUT2D eigenvalue weighted by Gasteiger charge is -2.34. The van der Waals surface area contributed by atoms with Crippen molar-refractivity contribution in [2.45, 2.75) is 39.2 Å². The van der Waals surface area contributed by atoms with Gasteiger partial charge in [-0.3, -0.25) is 4.79 Å². The van der Waals surface area contributed by atoms with E-state index in [0.29, 0.717) is 17.4 Å². The zero-order valence-corrected chi connectivity index (χ0v) is 13.6. The van der Waals surface area contributed by atoms with Gasteiger partial charge in [-0.15, -0.1) is 0 Å². The van der Waals surface area contributed by atoms with E-state index >= 15 is 0 Å². The third kappa shape index (κ3) is 3.50. The van der Waals surface area contributed by atoms with Crippen LogP contribution in [0.2, 0.25) is 0 Å². The van der Waals surface area contributed by atoms with E-state index in [1.165, 1.54) is 19.3 Å². The molecule has 1 fully saturated rings. The molecule has 3 rings (SSSR count). The highest BCUT2D eigenvalue weighted by molar-refractivity contribution is 6.04. The van der Waals surface area contributed by atoms with Crippen LogP contribution in [0, 0.1) is 6.92 Å². The molecule has 3 heterocycles. The van der Waals surface area contributed by atoms with Crippen molar-refractivity contribution in [3.63, 3.8) is 0 Å². The predicted octanol–water partition coefficient (Wildman–Crippen LogP) is 3.42. The molecule has 120 valence electrons. The zero-order chi connectivity index (χ0) is 16.2. The van der Waals surface area contributed by atoms with Crippen LogP contribution in [0.3, 0.4) is 0 Å². The molecular formula is C18H22N4O. The quantitative estimate of drug-likeness (QED) is 0.944. The lowest BCUT2D eigenvalue weighted by molar-refractivity contribution is 0.102. The number of pyridine rings is 2. The number of carbonyl (C=O) groups excluding carboxylic acids is 1. The number of hydrogen-bond acceptors (Lipinski definition) is 4. The van der Waals surface area contributed by atoms with E-state index in [-0.39, 0.29) is 5.91 Å². The molecule has 1 amide bonds. The summed E-state index contributed by atoms with van der Waals surface area (Å²) in [5.41, 5.74) is 1.55. The number of nitrogens with one attached hydrogen (secondary N) is 1. The van der Waals surface area contributed by atoms with Crippen LogP contribution in [0.25, 0.3) is 0 Å². The van der Waals surface area contributed by atoms with Gasteiger partial charge >= 0.3 is 0 Å². The number of rotatable bonds is 3. The maximum absolute atomic E-state index is 12.5. The monoisotopic (exact) mass is 310 g/mol. The second-order valence-electron chi connectivity index (χ2n) is 6.06. The number of nitrogens with zero attached hydrogens (tertiary/aromatic N) is 3. The van der Waals surface area contributed by atoms with Gasteiger partial charge in [0.2, 0.25) is 0 Å². The van der Waals surface area contributed by atoms with Gasteiger partial charge in [0.25, 0.3) is 5.91 Å². The molecule has 1 atom stereocenters. The fourth-order valence-electron chi connectivity index (χ4n) is 2.95. The summed E-state index contributed by atoms with van der Waals surface area (Å²) < 4.78 is 0. The molecule has 1 N–H and O–H groups in total. The molecule has 0 radical (unpaired) electrons. The van der Waals surface area contributed by atoms with Crippen molar-refractivity contribution in [1.29, 1.82) is 0 Å². The van der Waals surface area contributed by atoms with Crippen LogP contribution in [0.15, 0.2) is 36.7 Å². The Morgan fingerprint density at radius 2 is 2.13 bits per heavy atom. The van der Waals surface area contributed by atoms with Gasteiger partial charge < -0.3 is 10.2 Å². The van der Waals surface area contributed by atoms with Crippen molar-refractivity contribution < 1.29 is 4.79 Å². The standard InChI is InChI=1S/C18H22N4O/c1-13-6-5-9-20-17(13)21-18(23)15-8-10-19-16(12-15)22-11-4-3-7-14(22)2/h5-6,8-10,12,14H,3-4,7,11H2,1-2H3,(H,20,21,23)/t14-/m0/s1. The number of anilines is 2. The SMILES string of the molecule is Cc1cccnc1NC(=O)c1ccnc(N2CCCC[C@@H]2C)c1. The first-order valence-electron chi connectivity index (χ1n) is 8.11. The topological polar surface area (TPSA) is 58.1 Å². The highest BCUT2D eigenvalue weighted by Crippen LogP contribution is 2.23. The number of aromatic nitrogens is 2. The molecule has 0 spiro atoms. The van der Waals surface area contributed by atoms with Crippen LogP contribution in [0.4, 0.5) is 11.6 Å². The van der Waals surface area contributed by atoms with E-state index in [9.17, 15) is 4.79 Å². The van der Waals surface area contributed by atoms with E-state index in [1.807, 2.05) is 25.1 Å². The summed E-state index contributed by atoms with van der Waals surface area (Å²) in [5, 5.41) is 2.87. The molecule has 0 bridgehead atoms. The number of aryl methyl sites for hydroxylation is 1. The Labute approximate surface area is 136 Å². The predicted molar refractivity (Wildman–Crippen MR) is 91.8 cm³/mol. The Balaban J connectivity index is 1.79. The van der Waals surface area contributed by atoms with Gasteiger partial charge in [0, 0.05) is 30.5 Å². The summed E-state index contributed by atoms with van der Waals surface area (Å²) in [4.78, 5) is 23.4. The van der Waals surface area contributed by atoms with E-state index in [4.69, 9.17) is 0 Å². The Morgan fingerprint density at radius 1 is 1.26 bits per heavy atom. The van der Waals surface area contributed by atoms with Crippen LogP contribution in [-0.4, -0.2) is 28.5 Å². The molecule has 1 aliphatic heterocycles. The fraction of sp³-hybridized carbons (Fsp3) is 0.389. The Kier molecular flexibility index (Phi) is 4.55. The van der Waals surface area contributed by atoms with Crippen LogP contribution >= 0.6 is 0 Å². The Hall–Kier alpha value is -2.43. The lowest BCUT2D eigenvalue weighted by Crippen LogP contribution is -2.38. The Morgan fingerprint density at radius 3 is 2.91 bits per heavy atom. The van der Waals surface area contributed by atoms with Gasteiger partial charge in [-0.25, -0.2) is 9.97 Å². The minimum absolute atomic E-state index is 0.153. The molecule has 1 saturated heterocycles. The Bertz CT molecular complexity index is 701. The highest BCUT2D eigenvalue weighted by Gasteiger charge is 2.20. The minimum Gasteiger partial charge on any atom is -0.354 e. The number of hydrogen-bond donors (Lipinski definition) is 1. The molecule has 1 aliphatic rings.